The molecule has 1 atom stereocenters. The molecule has 2 aromatic rings. The van der Waals surface area contributed by atoms with Crippen LogP contribution in [0.15, 0.2) is 60.7 Å². The van der Waals surface area contributed by atoms with Crippen molar-refractivity contribution in [2.24, 2.45) is 0 Å². The zero-order valence-corrected chi connectivity index (χ0v) is 14.7. The van der Waals surface area contributed by atoms with Gasteiger partial charge in [0.05, 0.1) is 12.7 Å². The molecule has 4 heteroatoms. The van der Waals surface area contributed by atoms with E-state index in [1.54, 1.807) is 0 Å². The number of benzene rings is 2. The van der Waals surface area contributed by atoms with Gasteiger partial charge in [-0.1, -0.05) is 60.7 Å². The van der Waals surface area contributed by atoms with Crippen LogP contribution in [0.3, 0.4) is 0 Å². The molecule has 0 aromatic heterocycles. The minimum absolute atomic E-state index is 0.00928. The van der Waals surface area contributed by atoms with E-state index in [9.17, 15) is 4.79 Å². The average Bonchev–Trinajstić information content (AvgIpc) is 2.66. The van der Waals surface area contributed by atoms with Crippen LogP contribution in [0.1, 0.15) is 30.4 Å². The second kappa shape index (κ2) is 8.67. The molecule has 0 saturated carbocycles. The Morgan fingerprint density at radius 1 is 1.12 bits per heavy atom. The van der Waals surface area contributed by atoms with E-state index in [1.165, 1.54) is 11.1 Å². The minimum Gasteiger partial charge on any atom is -0.375 e. The van der Waals surface area contributed by atoms with Crippen molar-refractivity contribution >= 4 is 6.03 Å². The standard InChI is InChI=1S/C21H26N2O2/c1-17-16-23(14-15-25-17)21(24)22-13-12-20(18-8-4-2-5-9-18)19-10-6-3-7-11-19/h2-11,17,20H,12-16H2,1H3,(H,22,24). The molecule has 1 heterocycles. The number of nitrogens with zero attached hydrogens (tertiary/aromatic N) is 1. The molecule has 0 radical (unpaired) electrons. The van der Waals surface area contributed by atoms with E-state index in [2.05, 4.69) is 53.8 Å². The number of nitrogens with one attached hydrogen (secondary N) is 1. The van der Waals surface area contributed by atoms with Crippen molar-refractivity contribution in [1.29, 1.82) is 0 Å². The van der Waals surface area contributed by atoms with Crippen LogP contribution in [-0.2, 0) is 4.74 Å². The summed E-state index contributed by atoms with van der Waals surface area (Å²) in [6.45, 7) is 4.59. The highest BCUT2D eigenvalue weighted by Crippen LogP contribution is 2.27. The Hall–Kier alpha value is -2.33. The molecule has 0 aliphatic carbocycles. The molecule has 1 aliphatic heterocycles. The van der Waals surface area contributed by atoms with E-state index >= 15 is 0 Å². The van der Waals surface area contributed by atoms with Crippen LogP contribution in [0.25, 0.3) is 0 Å². The molecular formula is C21H26N2O2. The first-order valence-electron chi connectivity index (χ1n) is 8.98. The summed E-state index contributed by atoms with van der Waals surface area (Å²) in [5.41, 5.74) is 2.56. The van der Waals surface area contributed by atoms with E-state index in [1.807, 2.05) is 24.0 Å². The van der Waals surface area contributed by atoms with Gasteiger partial charge >= 0.3 is 6.03 Å². The lowest BCUT2D eigenvalue weighted by Gasteiger charge is -2.31. The molecule has 1 fully saturated rings. The van der Waals surface area contributed by atoms with Crippen LogP contribution in [-0.4, -0.2) is 43.3 Å². The topological polar surface area (TPSA) is 41.6 Å². The Morgan fingerprint density at radius 3 is 2.28 bits per heavy atom. The summed E-state index contributed by atoms with van der Waals surface area (Å²) >= 11 is 0. The summed E-state index contributed by atoms with van der Waals surface area (Å²) in [4.78, 5) is 14.2. The first-order valence-corrected chi connectivity index (χ1v) is 8.98. The molecule has 1 saturated heterocycles. The Bertz CT molecular complexity index is 621. The third kappa shape index (κ3) is 4.83. The Morgan fingerprint density at radius 2 is 1.72 bits per heavy atom. The maximum absolute atomic E-state index is 12.4. The van der Waals surface area contributed by atoms with Gasteiger partial charge in [-0.25, -0.2) is 4.79 Å². The van der Waals surface area contributed by atoms with Gasteiger partial charge in [-0.05, 0) is 24.5 Å². The Labute approximate surface area is 149 Å². The van der Waals surface area contributed by atoms with E-state index in [0.29, 0.717) is 26.2 Å². The van der Waals surface area contributed by atoms with Crippen molar-refractivity contribution in [3.8, 4) is 0 Å². The van der Waals surface area contributed by atoms with E-state index in [4.69, 9.17) is 4.74 Å². The molecule has 2 aromatic carbocycles. The lowest BCUT2D eigenvalue weighted by atomic mass is 9.88. The summed E-state index contributed by atoms with van der Waals surface area (Å²) in [7, 11) is 0. The number of carbonyl (C=O) groups excluding carboxylic acids is 1. The van der Waals surface area contributed by atoms with Gasteiger partial charge in [-0.3, -0.25) is 0 Å². The highest BCUT2D eigenvalue weighted by Gasteiger charge is 2.21. The number of ether oxygens (including phenoxy) is 1. The zero-order chi connectivity index (χ0) is 17.5. The van der Waals surface area contributed by atoms with E-state index in [0.717, 1.165) is 6.42 Å². The van der Waals surface area contributed by atoms with Crippen LogP contribution < -0.4 is 5.32 Å². The van der Waals surface area contributed by atoms with Crippen LogP contribution in [0, 0.1) is 0 Å². The fraction of sp³-hybridized carbons (Fsp3) is 0.381. The second-order valence-electron chi connectivity index (χ2n) is 6.52. The van der Waals surface area contributed by atoms with Gasteiger partial charge in [-0.2, -0.15) is 0 Å². The number of morpholine rings is 1. The second-order valence-corrected chi connectivity index (χ2v) is 6.52. The van der Waals surface area contributed by atoms with Gasteiger partial charge in [0.1, 0.15) is 0 Å². The van der Waals surface area contributed by atoms with Crippen molar-refractivity contribution in [2.45, 2.75) is 25.4 Å². The molecule has 2 amide bonds. The average molecular weight is 338 g/mol. The quantitative estimate of drug-likeness (QED) is 0.904. The summed E-state index contributed by atoms with van der Waals surface area (Å²) in [6.07, 6.45) is 0.987. The largest absolute Gasteiger partial charge is 0.375 e. The molecular weight excluding hydrogens is 312 g/mol. The zero-order valence-electron chi connectivity index (χ0n) is 14.7. The minimum atomic E-state index is 0.00928. The monoisotopic (exact) mass is 338 g/mol. The fourth-order valence-electron chi connectivity index (χ4n) is 3.33. The summed E-state index contributed by atoms with van der Waals surface area (Å²) in [6, 6.07) is 21.0. The number of amides is 2. The van der Waals surface area contributed by atoms with E-state index < -0.39 is 0 Å². The first kappa shape index (κ1) is 17.5. The Balaban J connectivity index is 1.60. The van der Waals surface area contributed by atoms with Crippen LogP contribution in [0.5, 0.6) is 0 Å². The number of hydrogen-bond acceptors (Lipinski definition) is 2. The van der Waals surface area contributed by atoms with Crippen molar-refractivity contribution in [3.63, 3.8) is 0 Å². The lowest BCUT2D eigenvalue weighted by molar-refractivity contribution is -0.00345. The molecule has 0 spiro atoms. The van der Waals surface area contributed by atoms with Gasteiger partial charge in [0.15, 0.2) is 0 Å². The number of carbonyl (C=O) groups is 1. The molecule has 1 unspecified atom stereocenters. The van der Waals surface area contributed by atoms with Gasteiger partial charge < -0.3 is 15.0 Å². The molecule has 3 rings (SSSR count). The predicted octanol–water partition coefficient (Wildman–Crippen LogP) is 3.64. The van der Waals surface area contributed by atoms with E-state index in [-0.39, 0.29) is 18.1 Å². The molecule has 1 aliphatic rings. The maximum atomic E-state index is 12.4. The SMILES string of the molecule is CC1CN(C(=O)NCCC(c2ccccc2)c2ccccc2)CCO1. The molecule has 1 N–H and O–H groups in total. The predicted molar refractivity (Wildman–Crippen MR) is 99.7 cm³/mol. The highest BCUT2D eigenvalue weighted by atomic mass is 16.5. The van der Waals surface area contributed by atoms with Gasteiger partial charge in [-0.15, -0.1) is 0 Å². The first-order chi connectivity index (χ1) is 12.2. The number of urea groups is 1. The van der Waals surface area contributed by atoms with Gasteiger partial charge in [0.25, 0.3) is 0 Å². The third-order valence-corrected chi connectivity index (χ3v) is 4.64. The van der Waals surface area contributed by atoms with Crippen molar-refractivity contribution in [3.05, 3.63) is 71.8 Å². The van der Waals surface area contributed by atoms with Crippen molar-refractivity contribution < 1.29 is 9.53 Å². The normalized spacial score (nSPS) is 17.5. The fourth-order valence-corrected chi connectivity index (χ4v) is 3.33. The molecule has 132 valence electrons. The van der Waals surface area contributed by atoms with Crippen molar-refractivity contribution in [2.75, 3.05) is 26.2 Å². The van der Waals surface area contributed by atoms with Crippen LogP contribution >= 0.6 is 0 Å². The lowest BCUT2D eigenvalue weighted by Crippen LogP contribution is -2.49. The van der Waals surface area contributed by atoms with Gasteiger partial charge in [0.2, 0.25) is 0 Å². The summed E-state index contributed by atoms with van der Waals surface area (Å²) in [5.74, 6) is 0.284. The smallest absolute Gasteiger partial charge is 0.317 e. The van der Waals surface area contributed by atoms with Crippen LogP contribution in [0.4, 0.5) is 4.79 Å². The van der Waals surface area contributed by atoms with Gasteiger partial charge in [0, 0.05) is 25.6 Å². The highest BCUT2D eigenvalue weighted by molar-refractivity contribution is 5.74. The number of hydrogen-bond donors (Lipinski definition) is 1. The summed E-state index contributed by atoms with van der Waals surface area (Å²) < 4.78 is 5.49. The molecule has 4 nitrogen and oxygen atoms in total. The van der Waals surface area contributed by atoms with Crippen LogP contribution in [0.2, 0.25) is 0 Å². The number of rotatable bonds is 5. The summed E-state index contributed by atoms with van der Waals surface area (Å²) in [5, 5.41) is 3.07. The Kier molecular flexibility index (Phi) is 6.07. The molecule has 0 bridgehead atoms. The van der Waals surface area contributed by atoms with Crippen molar-refractivity contribution in [1.82, 2.24) is 10.2 Å². The maximum Gasteiger partial charge on any atom is 0.317 e. The molecule has 25 heavy (non-hydrogen) atoms. The third-order valence-electron chi connectivity index (χ3n) is 4.64.